The highest BCUT2D eigenvalue weighted by Crippen LogP contribution is 2.23. The number of pyridine rings is 2. The molecule has 0 aliphatic carbocycles. The van der Waals surface area contributed by atoms with Gasteiger partial charge in [-0.3, -0.25) is 9.78 Å². The molecule has 33 heavy (non-hydrogen) atoms. The molecule has 2 aromatic heterocycles. The van der Waals surface area contributed by atoms with Crippen LogP contribution in [0.4, 0.5) is 16.0 Å². The standard InChI is InChI=1S/C25H28FN5O2/c26-20-6-1-4-18(14-20)10-12-28-24-22(25(33)29-16-19-5-2-11-27-15-19)8-9-23(30-24)31-13-3-7-21(32)17-31/h1-2,4-6,8-9,11,14-15,21,32H,3,7,10,12-13,16-17H2,(H,28,30)(H,29,33)/t21-/m1/s1. The third-order valence-electron chi connectivity index (χ3n) is 5.62. The molecule has 1 aliphatic rings. The fourth-order valence-corrected chi connectivity index (χ4v) is 3.90. The van der Waals surface area contributed by atoms with Crippen molar-refractivity contribution in [3.63, 3.8) is 0 Å². The Kier molecular flexibility index (Phi) is 7.47. The van der Waals surface area contributed by atoms with Gasteiger partial charge in [-0.05, 0) is 60.7 Å². The van der Waals surface area contributed by atoms with E-state index in [1.165, 1.54) is 12.1 Å². The van der Waals surface area contributed by atoms with Crippen LogP contribution in [-0.2, 0) is 13.0 Å². The Balaban J connectivity index is 1.50. The number of benzene rings is 1. The molecule has 0 bridgehead atoms. The number of carbonyl (C=O) groups excluding carboxylic acids is 1. The van der Waals surface area contributed by atoms with E-state index >= 15 is 0 Å². The highest BCUT2D eigenvalue weighted by molar-refractivity contribution is 5.99. The number of nitrogens with zero attached hydrogens (tertiary/aromatic N) is 3. The normalized spacial score (nSPS) is 15.8. The minimum Gasteiger partial charge on any atom is -0.391 e. The average Bonchev–Trinajstić information content (AvgIpc) is 2.83. The van der Waals surface area contributed by atoms with E-state index in [1.807, 2.05) is 29.2 Å². The second-order valence-electron chi connectivity index (χ2n) is 8.16. The Bertz CT molecular complexity index is 1080. The zero-order valence-corrected chi connectivity index (χ0v) is 18.4. The van der Waals surface area contributed by atoms with E-state index in [-0.39, 0.29) is 17.8 Å². The number of aromatic nitrogens is 2. The Morgan fingerprint density at radius 3 is 2.85 bits per heavy atom. The van der Waals surface area contributed by atoms with E-state index in [0.29, 0.717) is 43.3 Å². The van der Waals surface area contributed by atoms with Gasteiger partial charge in [-0.1, -0.05) is 18.2 Å². The lowest BCUT2D eigenvalue weighted by Gasteiger charge is -2.31. The molecule has 0 unspecified atom stereocenters. The number of hydrogen-bond donors (Lipinski definition) is 3. The molecule has 3 N–H and O–H groups in total. The van der Waals surface area contributed by atoms with Crippen molar-refractivity contribution in [3.05, 3.63) is 83.4 Å². The minimum atomic E-state index is -0.382. The van der Waals surface area contributed by atoms with Crippen LogP contribution in [0, 0.1) is 5.82 Å². The van der Waals surface area contributed by atoms with Crippen LogP contribution >= 0.6 is 0 Å². The average molecular weight is 450 g/mol. The van der Waals surface area contributed by atoms with Crippen molar-refractivity contribution in [3.8, 4) is 0 Å². The number of anilines is 2. The lowest BCUT2D eigenvalue weighted by Crippen LogP contribution is -2.38. The largest absolute Gasteiger partial charge is 0.391 e. The van der Waals surface area contributed by atoms with Gasteiger partial charge >= 0.3 is 0 Å². The summed E-state index contributed by atoms with van der Waals surface area (Å²) in [5, 5.41) is 16.2. The molecule has 1 atom stereocenters. The van der Waals surface area contributed by atoms with Crippen LogP contribution in [0.5, 0.6) is 0 Å². The zero-order valence-electron chi connectivity index (χ0n) is 18.4. The third-order valence-corrected chi connectivity index (χ3v) is 5.62. The molecule has 1 aromatic carbocycles. The Morgan fingerprint density at radius 2 is 2.06 bits per heavy atom. The van der Waals surface area contributed by atoms with Gasteiger partial charge in [-0.15, -0.1) is 0 Å². The number of aliphatic hydroxyl groups excluding tert-OH is 1. The highest BCUT2D eigenvalue weighted by Gasteiger charge is 2.21. The highest BCUT2D eigenvalue weighted by atomic mass is 19.1. The Labute approximate surface area is 192 Å². The number of hydrogen-bond acceptors (Lipinski definition) is 6. The van der Waals surface area contributed by atoms with Crippen molar-refractivity contribution < 1.29 is 14.3 Å². The molecule has 1 amide bonds. The van der Waals surface area contributed by atoms with Gasteiger partial charge in [0.05, 0.1) is 11.7 Å². The fraction of sp³-hybridized carbons (Fsp3) is 0.320. The molecule has 0 saturated carbocycles. The van der Waals surface area contributed by atoms with Crippen LogP contribution in [0.3, 0.4) is 0 Å². The van der Waals surface area contributed by atoms with E-state index in [2.05, 4.69) is 15.6 Å². The van der Waals surface area contributed by atoms with Crippen molar-refractivity contribution in [2.24, 2.45) is 0 Å². The number of amides is 1. The topological polar surface area (TPSA) is 90.4 Å². The summed E-state index contributed by atoms with van der Waals surface area (Å²) in [6.45, 7) is 2.17. The van der Waals surface area contributed by atoms with Gasteiger partial charge in [0.1, 0.15) is 17.5 Å². The molecule has 0 radical (unpaired) electrons. The van der Waals surface area contributed by atoms with Crippen molar-refractivity contribution in [1.82, 2.24) is 15.3 Å². The number of aliphatic hydroxyl groups is 1. The summed E-state index contributed by atoms with van der Waals surface area (Å²) in [6.07, 6.45) is 5.27. The molecular weight excluding hydrogens is 421 g/mol. The van der Waals surface area contributed by atoms with Crippen LogP contribution in [-0.4, -0.2) is 46.7 Å². The van der Waals surface area contributed by atoms with E-state index in [1.54, 1.807) is 24.5 Å². The number of piperidine rings is 1. The van der Waals surface area contributed by atoms with Gasteiger partial charge in [0.2, 0.25) is 0 Å². The molecule has 7 nitrogen and oxygen atoms in total. The first kappa shape index (κ1) is 22.7. The molecule has 3 aromatic rings. The van der Waals surface area contributed by atoms with E-state index in [0.717, 1.165) is 30.5 Å². The molecular formula is C25H28FN5O2. The summed E-state index contributed by atoms with van der Waals surface area (Å²) < 4.78 is 13.5. The predicted molar refractivity (Wildman–Crippen MR) is 126 cm³/mol. The second-order valence-corrected chi connectivity index (χ2v) is 8.16. The summed E-state index contributed by atoms with van der Waals surface area (Å²) in [5.41, 5.74) is 2.19. The van der Waals surface area contributed by atoms with E-state index in [4.69, 9.17) is 4.98 Å². The van der Waals surface area contributed by atoms with Gasteiger partial charge in [0.15, 0.2) is 0 Å². The SMILES string of the molecule is O=C(NCc1cccnc1)c1ccc(N2CCC[C@@H](O)C2)nc1NCCc1cccc(F)c1. The molecule has 8 heteroatoms. The number of carbonyl (C=O) groups is 1. The van der Waals surface area contributed by atoms with Crippen molar-refractivity contribution in [2.45, 2.75) is 31.9 Å². The van der Waals surface area contributed by atoms with Crippen LogP contribution in [0.15, 0.2) is 60.9 Å². The number of β-amino-alcohol motifs (C(OH)–C–C–N with tert-alkyl or cyclic N) is 1. The molecule has 1 saturated heterocycles. The van der Waals surface area contributed by atoms with Crippen molar-refractivity contribution in [1.29, 1.82) is 0 Å². The van der Waals surface area contributed by atoms with Crippen LogP contribution in [0.2, 0.25) is 0 Å². The van der Waals surface area contributed by atoms with Gasteiger partial charge in [-0.2, -0.15) is 0 Å². The summed E-state index contributed by atoms with van der Waals surface area (Å²) in [4.78, 5) is 23.8. The Morgan fingerprint density at radius 1 is 1.18 bits per heavy atom. The van der Waals surface area contributed by atoms with Gasteiger partial charge in [0, 0.05) is 38.6 Å². The van der Waals surface area contributed by atoms with Crippen LogP contribution < -0.4 is 15.5 Å². The van der Waals surface area contributed by atoms with Gasteiger partial charge < -0.3 is 20.6 Å². The van der Waals surface area contributed by atoms with Gasteiger partial charge in [0.25, 0.3) is 5.91 Å². The van der Waals surface area contributed by atoms with Gasteiger partial charge in [-0.25, -0.2) is 9.37 Å². The number of nitrogens with one attached hydrogen (secondary N) is 2. The summed E-state index contributed by atoms with van der Waals surface area (Å²) >= 11 is 0. The monoisotopic (exact) mass is 449 g/mol. The van der Waals surface area contributed by atoms with E-state index < -0.39 is 0 Å². The van der Waals surface area contributed by atoms with Crippen LogP contribution in [0.25, 0.3) is 0 Å². The summed E-state index contributed by atoms with van der Waals surface area (Å²) in [7, 11) is 0. The molecule has 1 fully saturated rings. The fourth-order valence-electron chi connectivity index (χ4n) is 3.90. The maximum atomic E-state index is 13.5. The summed E-state index contributed by atoms with van der Waals surface area (Å²) in [5.74, 6) is 0.662. The number of halogens is 1. The quantitative estimate of drug-likeness (QED) is 0.490. The maximum absolute atomic E-state index is 13.5. The first-order chi connectivity index (χ1) is 16.1. The van der Waals surface area contributed by atoms with E-state index in [9.17, 15) is 14.3 Å². The Hall–Kier alpha value is -3.52. The lowest BCUT2D eigenvalue weighted by atomic mass is 10.1. The van der Waals surface area contributed by atoms with Crippen molar-refractivity contribution in [2.75, 3.05) is 29.9 Å². The predicted octanol–water partition coefficient (Wildman–Crippen LogP) is 3.16. The zero-order chi connectivity index (χ0) is 23.0. The molecule has 0 spiro atoms. The summed E-state index contributed by atoms with van der Waals surface area (Å²) in [6, 6.07) is 13.8. The lowest BCUT2D eigenvalue weighted by molar-refractivity contribution is 0.0951. The first-order valence-electron chi connectivity index (χ1n) is 11.2. The molecule has 1 aliphatic heterocycles. The third kappa shape index (κ3) is 6.26. The molecule has 3 heterocycles. The van der Waals surface area contributed by atoms with Crippen molar-refractivity contribution >= 4 is 17.5 Å². The minimum absolute atomic E-state index is 0.246. The smallest absolute Gasteiger partial charge is 0.255 e. The number of rotatable bonds is 8. The molecule has 4 rings (SSSR count). The van der Waals surface area contributed by atoms with Crippen LogP contribution in [0.1, 0.15) is 34.3 Å². The second kappa shape index (κ2) is 10.9. The first-order valence-corrected chi connectivity index (χ1v) is 11.2. The molecule has 172 valence electrons. The maximum Gasteiger partial charge on any atom is 0.255 e.